The molecule has 0 heteroatoms. The van der Waals surface area contributed by atoms with E-state index in [0.717, 1.165) is 5.92 Å². The molecule has 1 fully saturated rings. The zero-order valence-electron chi connectivity index (χ0n) is 4.93. The molecule has 0 atom stereocenters. The van der Waals surface area contributed by atoms with Crippen LogP contribution in [0.2, 0.25) is 0 Å². The zero-order chi connectivity index (χ0) is 5.40. The molecule has 0 bridgehead atoms. The molecule has 2 aliphatic carbocycles. The van der Waals surface area contributed by atoms with Gasteiger partial charge in [-0.3, -0.25) is 0 Å². The first kappa shape index (κ1) is 4.37. The topological polar surface area (TPSA) is 0 Å². The van der Waals surface area contributed by atoms with Crippen molar-refractivity contribution in [3.8, 4) is 0 Å². The van der Waals surface area contributed by atoms with Crippen molar-refractivity contribution in [1.29, 1.82) is 0 Å². The van der Waals surface area contributed by atoms with E-state index in [-0.39, 0.29) is 0 Å². The van der Waals surface area contributed by atoms with Crippen molar-refractivity contribution >= 4 is 0 Å². The molecule has 0 amide bonds. The zero-order valence-corrected chi connectivity index (χ0v) is 4.93. The maximum atomic E-state index is 2.28. The molecule has 8 heavy (non-hydrogen) atoms. The number of hydrogen-bond donors (Lipinski definition) is 0. The van der Waals surface area contributed by atoms with Gasteiger partial charge in [0.25, 0.3) is 0 Å². The lowest BCUT2D eigenvalue weighted by Crippen LogP contribution is -1.76. The summed E-state index contributed by atoms with van der Waals surface area (Å²) >= 11 is 0. The normalized spacial score (nSPS) is 26.2. The molecule has 0 aliphatic heterocycles. The maximum Gasteiger partial charge on any atom is -0.0130 e. The molecule has 0 radical (unpaired) electrons. The Morgan fingerprint density at radius 3 is 2.75 bits per heavy atom. The number of rotatable bonds is 1. The summed E-state index contributed by atoms with van der Waals surface area (Å²) < 4.78 is 0. The van der Waals surface area contributed by atoms with Gasteiger partial charge in [-0.15, -0.1) is 0 Å². The molecular weight excluding hydrogens is 96.1 g/mol. The molecule has 0 aromatic carbocycles. The quantitative estimate of drug-likeness (QED) is 0.481. The molecule has 2 aliphatic rings. The summed E-state index contributed by atoms with van der Waals surface area (Å²) in [6.07, 6.45) is 10.8. The number of hydrogen-bond acceptors (Lipinski definition) is 0. The highest BCUT2D eigenvalue weighted by Crippen LogP contribution is 2.39. The molecule has 0 saturated heterocycles. The van der Waals surface area contributed by atoms with Gasteiger partial charge in [0.15, 0.2) is 0 Å². The van der Waals surface area contributed by atoms with Crippen molar-refractivity contribution in [3.05, 3.63) is 23.8 Å². The van der Waals surface area contributed by atoms with Gasteiger partial charge in [0.1, 0.15) is 0 Å². The van der Waals surface area contributed by atoms with Gasteiger partial charge >= 0.3 is 0 Å². The molecule has 0 heterocycles. The third kappa shape index (κ3) is 0.605. The molecule has 42 valence electrons. The minimum Gasteiger partial charge on any atom is -0.0805 e. The molecule has 0 spiro atoms. The second kappa shape index (κ2) is 1.48. The van der Waals surface area contributed by atoms with E-state index >= 15 is 0 Å². The lowest BCUT2D eigenvalue weighted by atomic mass is 10.1. The van der Waals surface area contributed by atoms with Gasteiger partial charge in [-0.25, -0.2) is 0 Å². The minimum absolute atomic E-state index is 0.991. The van der Waals surface area contributed by atoms with Crippen LogP contribution in [0, 0.1) is 5.92 Å². The van der Waals surface area contributed by atoms with Gasteiger partial charge < -0.3 is 0 Å². The molecular formula is C8H10. The molecule has 0 nitrogen and oxygen atoms in total. The third-order valence-corrected chi connectivity index (χ3v) is 1.90. The lowest BCUT2D eigenvalue weighted by molar-refractivity contribution is 0.967. The van der Waals surface area contributed by atoms with Gasteiger partial charge in [-0.05, 0) is 25.2 Å². The summed E-state index contributed by atoms with van der Waals surface area (Å²) in [7, 11) is 0. The monoisotopic (exact) mass is 106 g/mol. The van der Waals surface area contributed by atoms with Crippen LogP contribution >= 0.6 is 0 Å². The van der Waals surface area contributed by atoms with E-state index in [0.29, 0.717) is 0 Å². The predicted octanol–water partition coefficient (Wildman–Crippen LogP) is 2.28. The van der Waals surface area contributed by atoms with E-state index in [2.05, 4.69) is 18.2 Å². The van der Waals surface area contributed by atoms with Crippen LogP contribution < -0.4 is 0 Å². The molecule has 0 unspecified atom stereocenters. The first-order valence-electron chi connectivity index (χ1n) is 3.32. The van der Waals surface area contributed by atoms with Crippen molar-refractivity contribution in [2.24, 2.45) is 5.92 Å². The fourth-order valence-electron chi connectivity index (χ4n) is 1.22. The van der Waals surface area contributed by atoms with Crippen molar-refractivity contribution < 1.29 is 0 Å². The average Bonchev–Trinajstić information content (AvgIpc) is 2.49. The summed E-state index contributed by atoms with van der Waals surface area (Å²) in [6, 6.07) is 0. The van der Waals surface area contributed by atoms with Crippen LogP contribution in [0.5, 0.6) is 0 Å². The minimum atomic E-state index is 0.991. The Morgan fingerprint density at radius 1 is 1.38 bits per heavy atom. The Labute approximate surface area is 49.9 Å². The fraction of sp³-hybridized carbons (Fsp3) is 0.500. The standard InChI is InChI=1S/C8H10/c1-2-4-7(3-1)8-5-6-8/h1-3,8H,4-6H2. The van der Waals surface area contributed by atoms with E-state index in [1.807, 2.05) is 0 Å². The van der Waals surface area contributed by atoms with Crippen molar-refractivity contribution in [1.82, 2.24) is 0 Å². The summed E-state index contributed by atoms with van der Waals surface area (Å²) in [4.78, 5) is 0. The fourth-order valence-corrected chi connectivity index (χ4v) is 1.22. The second-order valence-electron chi connectivity index (χ2n) is 2.65. The van der Waals surface area contributed by atoms with Gasteiger partial charge in [0, 0.05) is 0 Å². The van der Waals surface area contributed by atoms with E-state index in [9.17, 15) is 0 Å². The molecule has 0 aromatic rings. The van der Waals surface area contributed by atoms with Crippen LogP contribution in [0.25, 0.3) is 0 Å². The van der Waals surface area contributed by atoms with Crippen LogP contribution in [-0.2, 0) is 0 Å². The molecule has 2 rings (SSSR count). The van der Waals surface area contributed by atoms with Crippen molar-refractivity contribution in [2.45, 2.75) is 19.3 Å². The van der Waals surface area contributed by atoms with Crippen LogP contribution in [0.1, 0.15) is 19.3 Å². The van der Waals surface area contributed by atoms with E-state index < -0.39 is 0 Å². The second-order valence-corrected chi connectivity index (χ2v) is 2.65. The van der Waals surface area contributed by atoms with Gasteiger partial charge in [-0.2, -0.15) is 0 Å². The maximum absolute atomic E-state index is 2.28. The largest absolute Gasteiger partial charge is 0.0805 e. The Balaban J connectivity index is 2.07. The lowest BCUT2D eigenvalue weighted by Gasteiger charge is -1.91. The number of allylic oxidation sites excluding steroid dienone is 4. The van der Waals surface area contributed by atoms with Gasteiger partial charge in [0.2, 0.25) is 0 Å². The van der Waals surface area contributed by atoms with Gasteiger partial charge in [-0.1, -0.05) is 23.8 Å². The van der Waals surface area contributed by atoms with Crippen LogP contribution in [0.15, 0.2) is 23.8 Å². The van der Waals surface area contributed by atoms with E-state index in [1.165, 1.54) is 19.3 Å². The highest BCUT2D eigenvalue weighted by Gasteiger charge is 2.25. The third-order valence-electron chi connectivity index (χ3n) is 1.90. The first-order chi connectivity index (χ1) is 3.97. The van der Waals surface area contributed by atoms with Crippen LogP contribution in [0.4, 0.5) is 0 Å². The average molecular weight is 106 g/mol. The molecule has 1 saturated carbocycles. The van der Waals surface area contributed by atoms with E-state index in [1.54, 1.807) is 5.57 Å². The smallest absolute Gasteiger partial charge is 0.0130 e. The summed E-state index contributed by atoms with van der Waals surface area (Å²) in [6.45, 7) is 0. The summed E-state index contributed by atoms with van der Waals surface area (Å²) in [5.41, 5.74) is 1.67. The SMILES string of the molecule is C1=CCC(C2CC2)=C1. The molecule has 0 N–H and O–H groups in total. The summed E-state index contributed by atoms with van der Waals surface area (Å²) in [5.74, 6) is 0.991. The molecule has 0 aromatic heterocycles. The predicted molar refractivity (Wildman–Crippen MR) is 34.6 cm³/mol. The van der Waals surface area contributed by atoms with Crippen LogP contribution in [-0.4, -0.2) is 0 Å². The van der Waals surface area contributed by atoms with Crippen molar-refractivity contribution in [3.63, 3.8) is 0 Å². The van der Waals surface area contributed by atoms with Gasteiger partial charge in [0.05, 0.1) is 0 Å². The Hall–Kier alpha value is -0.520. The van der Waals surface area contributed by atoms with Crippen LogP contribution in [0.3, 0.4) is 0 Å². The Kier molecular flexibility index (Phi) is 0.806. The highest BCUT2D eigenvalue weighted by atomic mass is 14.3. The Bertz CT molecular complexity index is 147. The Morgan fingerprint density at radius 2 is 2.25 bits per heavy atom. The summed E-state index contributed by atoms with van der Waals surface area (Å²) in [5, 5.41) is 0. The first-order valence-corrected chi connectivity index (χ1v) is 3.32. The highest BCUT2D eigenvalue weighted by molar-refractivity contribution is 5.27. The van der Waals surface area contributed by atoms with E-state index in [4.69, 9.17) is 0 Å². The van der Waals surface area contributed by atoms with Crippen molar-refractivity contribution in [2.75, 3.05) is 0 Å².